The van der Waals surface area contributed by atoms with Gasteiger partial charge in [-0.25, -0.2) is 0 Å². The summed E-state index contributed by atoms with van der Waals surface area (Å²) >= 11 is 0. The van der Waals surface area contributed by atoms with Crippen LogP contribution in [0.5, 0.6) is 11.5 Å². The minimum absolute atomic E-state index is 0.196. The molecule has 1 saturated carbocycles. The fraction of sp³-hybridized carbons (Fsp3) is 0.636. The van der Waals surface area contributed by atoms with Crippen LogP contribution in [-0.2, 0) is 4.79 Å². The largest absolute Gasteiger partial charge is 0.497 e. The quantitative estimate of drug-likeness (QED) is 0.356. The molecule has 1 aromatic rings. The van der Waals surface area contributed by atoms with E-state index in [0.717, 1.165) is 62.7 Å². The number of nitrogens with one attached hydrogen (secondary N) is 2. The number of methoxy groups -OCH3 is 1. The first kappa shape index (κ1) is 22.8. The summed E-state index contributed by atoms with van der Waals surface area (Å²) in [5.74, 6) is 2.54. The molecule has 1 aromatic carbocycles. The predicted molar refractivity (Wildman–Crippen MR) is 117 cm³/mol. The number of benzene rings is 1. The Morgan fingerprint density at radius 2 is 1.93 bits per heavy atom. The Morgan fingerprint density at radius 3 is 2.59 bits per heavy atom. The average molecular weight is 405 g/mol. The molecule has 1 aliphatic carbocycles. The number of rotatable bonds is 10. The Balaban J connectivity index is 1.83. The van der Waals surface area contributed by atoms with Crippen molar-refractivity contribution in [1.82, 2.24) is 15.5 Å². The second kappa shape index (κ2) is 11.5. The monoisotopic (exact) mass is 404 g/mol. The van der Waals surface area contributed by atoms with Gasteiger partial charge in [0.25, 0.3) is 0 Å². The van der Waals surface area contributed by atoms with E-state index in [9.17, 15) is 4.79 Å². The Kier molecular flexibility index (Phi) is 9.09. The lowest BCUT2D eigenvalue weighted by atomic mass is 9.85. The lowest BCUT2D eigenvalue weighted by Gasteiger charge is -2.29. The van der Waals surface area contributed by atoms with Crippen LogP contribution in [0.15, 0.2) is 29.3 Å². The highest BCUT2D eigenvalue weighted by Gasteiger charge is 2.42. The molecular formula is C22H36N4O3. The summed E-state index contributed by atoms with van der Waals surface area (Å²) in [4.78, 5) is 19.2. The summed E-state index contributed by atoms with van der Waals surface area (Å²) in [6.45, 7) is 4.69. The summed E-state index contributed by atoms with van der Waals surface area (Å²) in [5, 5.41) is 6.62. The average Bonchev–Trinajstić information content (AvgIpc) is 3.21. The molecule has 7 nitrogen and oxygen atoms in total. The van der Waals surface area contributed by atoms with Gasteiger partial charge in [0, 0.05) is 33.3 Å². The van der Waals surface area contributed by atoms with E-state index in [4.69, 9.17) is 14.5 Å². The van der Waals surface area contributed by atoms with Crippen molar-refractivity contribution in [3.8, 4) is 11.5 Å². The summed E-state index contributed by atoms with van der Waals surface area (Å²) in [6, 6.07) is 7.61. The molecule has 2 rings (SSSR count). The van der Waals surface area contributed by atoms with Gasteiger partial charge in [0.1, 0.15) is 11.5 Å². The molecule has 0 atom stereocenters. The van der Waals surface area contributed by atoms with Crippen molar-refractivity contribution in [2.24, 2.45) is 10.4 Å². The number of carbonyl (C=O) groups is 1. The molecule has 0 unspecified atom stereocenters. The molecule has 0 aliphatic heterocycles. The molecule has 2 N–H and O–H groups in total. The van der Waals surface area contributed by atoms with Crippen molar-refractivity contribution in [2.75, 3.05) is 47.4 Å². The first-order chi connectivity index (χ1) is 14.0. The van der Waals surface area contributed by atoms with Gasteiger partial charge in [-0.15, -0.1) is 0 Å². The van der Waals surface area contributed by atoms with Crippen LogP contribution in [-0.4, -0.2) is 64.2 Å². The molecule has 0 aromatic heterocycles. The summed E-state index contributed by atoms with van der Waals surface area (Å²) < 4.78 is 11.0. The smallest absolute Gasteiger partial charge is 0.230 e. The van der Waals surface area contributed by atoms with Gasteiger partial charge in [0.05, 0.1) is 25.7 Å². The zero-order valence-electron chi connectivity index (χ0n) is 18.3. The van der Waals surface area contributed by atoms with Gasteiger partial charge in [-0.3, -0.25) is 9.79 Å². The number of amides is 1. The summed E-state index contributed by atoms with van der Waals surface area (Å²) in [7, 11) is 5.31. The molecule has 1 aliphatic rings. The third kappa shape index (κ3) is 6.84. The molecule has 0 saturated heterocycles. The maximum absolute atomic E-state index is 12.7. The fourth-order valence-corrected chi connectivity index (χ4v) is 3.70. The number of hydrogen-bond acceptors (Lipinski definition) is 4. The SMILES string of the molecule is CCNC(=NCC1(C(=O)N(C)C)CCCC1)NCCCOc1cccc(OC)c1. The van der Waals surface area contributed by atoms with Gasteiger partial charge in [-0.2, -0.15) is 0 Å². The third-order valence-corrected chi connectivity index (χ3v) is 5.23. The fourth-order valence-electron chi connectivity index (χ4n) is 3.70. The number of nitrogens with zero attached hydrogens (tertiary/aromatic N) is 2. The number of guanidine groups is 1. The van der Waals surface area contributed by atoms with Crippen LogP contribution >= 0.6 is 0 Å². The Labute approximate surface area is 174 Å². The maximum atomic E-state index is 12.7. The van der Waals surface area contributed by atoms with Crippen LogP contribution in [0.4, 0.5) is 0 Å². The second-order valence-corrected chi connectivity index (χ2v) is 7.69. The number of hydrogen-bond donors (Lipinski definition) is 2. The second-order valence-electron chi connectivity index (χ2n) is 7.69. The highest BCUT2D eigenvalue weighted by Crippen LogP contribution is 2.39. The molecule has 1 fully saturated rings. The van der Waals surface area contributed by atoms with Gasteiger partial charge in [0.2, 0.25) is 5.91 Å². The van der Waals surface area contributed by atoms with Gasteiger partial charge in [-0.05, 0) is 38.3 Å². The van der Waals surface area contributed by atoms with E-state index in [1.807, 2.05) is 45.3 Å². The molecule has 0 spiro atoms. The van der Waals surface area contributed by atoms with Crippen LogP contribution in [0, 0.1) is 5.41 Å². The van der Waals surface area contributed by atoms with E-state index in [-0.39, 0.29) is 11.3 Å². The van der Waals surface area contributed by atoms with E-state index in [0.29, 0.717) is 13.2 Å². The first-order valence-electron chi connectivity index (χ1n) is 10.5. The van der Waals surface area contributed by atoms with E-state index in [1.165, 1.54) is 0 Å². The number of ether oxygens (including phenoxy) is 2. The molecule has 0 radical (unpaired) electrons. The van der Waals surface area contributed by atoms with Crippen LogP contribution in [0.1, 0.15) is 39.0 Å². The minimum Gasteiger partial charge on any atom is -0.497 e. The van der Waals surface area contributed by atoms with Gasteiger partial charge in [-0.1, -0.05) is 18.9 Å². The molecule has 162 valence electrons. The topological polar surface area (TPSA) is 75.2 Å². The van der Waals surface area contributed by atoms with Crippen LogP contribution in [0.3, 0.4) is 0 Å². The van der Waals surface area contributed by atoms with Crippen molar-refractivity contribution in [1.29, 1.82) is 0 Å². The van der Waals surface area contributed by atoms with Crippen molar-refractivity contribution in [2.45, 2.75) is 39.0 Å². The predicted octanol–water partition coefficient (Wildman–Crippen LogP) is 2.67. The van der Waals surface area contributed by atoms with Crippen molar-refractivity contribution >= 4 is 11.9 Å². The van der Waals surface area contributed by atoms with Crippen molar-refractivity contribution < 1.29 is 14.3 Å². The first-order valence-corrected chi connectivity index (χ1v) is 10.5. The zero-order chi connectivity index (χ0) is 21.1. The van der Waals surface area contributed by atoms with E-state index in [1.54, 1.807) is 12.0 Å². The molecule has 0 bridgehead atoms. The number of carbonyl (C=O) groups excluding carboxylic acids is 1. The molecule has 29 heavy (non-hydrogen) atoms. The van der Waals surface area contributed by atoms with Gasteiger partial charge >= 0.3 is 0 Å². The van der Waals surface area contributed by atoms with Gasteiger partial charge < -0.3 is 25.0 Å². The Hall–Kier alpha value is -2.44. The van der Waals surface area contributed by atoms with E-state index < -0.39 is 0 Å². The highest BCUT2D eigenvalue weighted by molar-refractivity contribution is 5.84. The number of aliphatic imine (C=N–C) groups is 1. The van der Waals surface area contributed by atoms with Gasteiger partial charge in [0.15, 0.2) is 5.96 Å². The zero-order valence-corrected chi connectivity index (χ0v) is 18.3. The van der Waals surface area contributed by atoms with Crippen LogP contribution in [0.2, 0.25) is 0 Å². The molecule has 1 amide bonds. The van der Waals surface area contributed by atoms with Crippen molar-refractivity contribution in [3.05, 3.63) is 24.3 Å². The van der Waals surface area contributed by atoms with E-state index >= 15 is 0 Å². The van der Waals surface area contributed by atoms with Crippen LogP contribution < -0.4 is 20.1 Å². The lowest BCUT2D eigenvalue weighted by molar-refractivity contribution is -0.138. The minimum atomic E-state index is -0.346. The van der Waals surface area contributed by atoms with Crippen molar-refractivity contribution in [3.63, 3.8) is 0 Å². The molecular weight excluding hydrogens is 368 g/mol. The Bertz CT molecular complexity index is 670. The standard InChI is InChI=1S/C22H36N4O3/c1-5-23-21(25-17-22(12-6-7-13-22)20(27)26(2)3)24-14-9-15-29-19-11-8-10-18(16-19)28-4/h8,10-11,16H,5-7,9,12-15,17H2,1-4H3,(H2,23,24,25). The summed E-state index contributed by atoms with van der Waals surface area (Å²) in [6.07, 6.45) is 4.87. The lowest BCUT2D eigenvalue weighted by Crippen LogP contribution is -2.43. The molecule has 0 heterocycles. The van der Waals surface area contributed by atoms with E-state index in [2.05, 4.69) is 10.6 Å². The third-order valence-electron chi connectivity index (χ3n) is 5.23. The molecule has 7 heteroatoms. The Morgan fingerprint density at radius 1 is 1.21 bits per heavy atom. The highest BCUT2D eigenvalue weighted by atomic mass is 16.5. The van der Waals surface area contributed by atoms with Crippen LogP contribution in [0.25, 0.3) is 0 Å². The summed E-state index contributed by atoms with van der Waals surface area (Å²) in [5.41, 5.74) is -0.346. The normalized spacial score (nSPS) is 15.7. The maximum Gasteiger partial charge on any atom is 0.230 e.